The Balaban J connectivity index is 0.000000182. The second-order valence-corrected chi connectivity index (χ2v) is 31.3. The van der Waals surface area contributed by atoms with E-state index in [1.165, 1.54) is 22.2 Å². The van der Waals surface area contributed by atoms with Crippen molar-refractivity contribution < 1.29 is 105 Å². The van der Waals surface area contributed by atoms with Gasteiger partial charge in [-0.2, -0.15) is 0 Å². The minimum absolute atomic E-state index is 0.00223. The molecule has 7 aromatic carbocycles. The molecule has 0 aliphatic heterocycles. The second-order valence-electron chi connectivity index (χ2n) is 31.3. The van der Waals surface area contributed by atoms with Gasteiger partial charge in [-0.3, -0.25) is 28.8 Å². The number of aliphatic carboxylic acids is 7. The Kier molecular flexibility index (Phi) is 35.3. The number of benzene rings is 7. The fourth-order valence-corrected chi connectivity index (χ4v) is 16.3. The van der Waals surface area contributed by atoms with E-state index in [9.17, 15) is 54.0 Å². The van der Waals surface area contributed by atoms with E-state index in [1.54, 1.807) is 6.08 Å². The zero-order valence-electron chi connectivity index (χ0n) is 73.7. The lowest BCUT2D eigenvalue weighted by atomic mass is 10.0. The largest absolute Gasteiger partial charge is 0.481 e. The zero-order chi connectivity index (χ0) is 92.8. The molecule has 0 saturated heterocycles. The van der Waals surface area contributed by atoms with Crippen LogP contribution in [-0.2, 0) is 174 Å². The van der Waals surface area contributed by atoms with Crippen molar-refractivity contribution in [2.75, 3.05) is 0 Å². The molecule has 0 fully saturated rings. The number of aliphatic hydroxyl groups excluding tert-OH is 7. The van der Waals surface area contributed by atoms with Crippen LogP contribution < -0.4 is 0 Å². The second kappa shape index (κ2) is 45.1. The first-order valence-corrected chi connectivity index (χ1v) is 41.4. The quantitative estimate of drug-likeness (QED) is 0.0160. The van der Waals surface area contributed by atoms with E-state index < -0.39 is 41.8 Å². The molecular weight excluding hydrogens is 1610 g/mol. The van der Waals surface area contributed by atoms with Crippen LogP contribution in [0.2, 0.25) is 0 Å². The van der Waals surface area contributed by atoms with Gasteiger partial charge in [0.1, 0.15) is 0 Å². The maximum absolute atomic E-state index is 11.0. The van der Waals surface area contributed by atoms with Gasteiger partial charge in [0.2, 0.25) is 0 Å². The molecule has 28 heteroatoms. The van der Waals surface area contributed by atoms with E-state index in [-0.39, 0.29) is 84.8 Å². The third-order valence-electron chi connectivity index (χ3n) is 23.5. The Morgan fingerprint density at radius 1 is 0.302 bits per heavy atom. The molecule has 0 aliphatic rings. The number of carboxylic acids is 7. The van der Waals surface area contributed by atoms with Gasteiger partial charge in [-0.1, -0.05) is 49.4 Å². The van der Waals surface area contributed by atoms with Crippen LogP contribution in [0.4, 0.5) is 0 Å². The molecule has 0 unspecified atom stereocenters. The van der Waals surface area contributed by atoms with Crippen molar-refractivity contribution in [3.63, 3.8) is 0 Å². The number of aromatic nitrogens is 7. The van der Waals surface area contributed by atoms with Crippen LogP contribution in [0.25, 0.3) is 82.4 Å². The number of carbonyl (C=O) groups is 7. The van der Waals surface area contributed by atoms with Crippen LogP contribution >= 0.6 is 0 Å². The van der Waals surface area contributed by atoms with Gasteiger partial charge in [-0.25, -0.2) is 4.79 Å². The average Bonchev–Trinajstić information content (AvgIpc) is 1.64. The number of nitrogens with zero attached hydrogens (tertiary/aromatic N) is 7. The summed E-state index contributed by atoms with van der Waals surface area (Å²) >= 11 is 0. The highest BCUT2D eigenvalue weighted by Crippen LogP contribution is 2.35. The predicted molar refractivity (Wildman–Crippen MR) is 487 cm³/mol. The lowest BCUT2D eigenvalue weighted by Crippen LogP contribution is -2.04. The van der Waals surface area contributed by atoms with E-state index in [0.717, 1.165) is 198 Å². The van der Waals surface area contributed by atoms with E-state index in [4.69, 9.17) is 51.1 Å². The molecule has 28 nitrogen and oxygen atoms in total. The van der Waals surface area contributed by atoms with Crippen LogP contribution in [0.5, 0.6) is 0 Å². The Hall–Kier alpha value is -12.9. The Bertz CT molecular complexity index is 6330. The van der Waals surface area contributed by atoms with Crippen LogP contribution in [0.3, 0.4) is 0 Å². The highest BCUT2D eigenvalue weighted by atomic mass is 16.4. The summed E-state index contributed by atoms with van der Waals surface area (Å²) in [6.07, 6.45) is 10.3. The van der Waals surface area contributed by atoms with Crippen molar-refractivity contribution >= 4 is 124 Å². The third-order valence-corrected chi connectivity index (χ3v) is 23.5. The summed E-state index contributed by atoms with van der Waals surface area (Å²) in [5, 5.41) is 133. The molecule has 126 heavy (non-hydrogen) atoms. The molecule has 0 saturated carbocycles. The van der Waals surface area contributed by atoms with Crippen LogP contribution in [-0.4, -0.2) is 145 Å². The van der Waals surface area contributed by atoms with Gasteiger partial charge in [-0.15, -0.1) is 0 Å². The fraction of sp³-hybridized carbons (Fsp3) is 0.337. The SMILES string of the molecule is CCc1c(CC(=O)O)c2cc(CO)ccc2n1C.Cc1c(/C=C/C(=O)O)c2cc(CO)ccc2n1C.Cc1c(CC(=O)O)c2cc(CO)ccc2n1C.Cc1c(CCC(=O)O)c2cc(CO)ccc2n1C.Cc1c(CCCC(=O)O)c2cc(CO)ccc2n1C.Cc1c(CCCCC(=O)O)c2cc(CO)ccc2n1C.Cn1cc(CC(=O)O)c2cc(CO)ccc21. The summed E-state index contributed by atoms with van der Waals surface area (Å²) < 4.78 is 14.3. The van der Waals surface area contributed by atoms with Crippen LogP contribution in [0.1, 0.15) is 158 Å². The molecule has 0 spiro atoms. The maximum atomic E-state index is 11.0. The molecule has 0 bridgehead atoms. The smallest absolute Gasteiger partial charge is 0.328 e. The lowest BCUT2D eigenvalue weighted by Gasteiger charge is -2.02. The summed E-state index contributed by atoms with van der Waals surface area (Å²) in [5.41, 5.74) is 26.6. The van der Waals surface area contributed by atoms with Crippen molar-refractivity contribution in [1.29, 1.82) is 0 Å². The summed E-state index contributed by atoms with van der Waals surface area (Å²) in [4.78, 5) is 75.0. The lowest BCUT2D eigenvalue weighted by molar-refractivity contribution is -0.138. The molecule has 14 rings (SSSR count). The minimum atomic E-state index is -0.968. The first kappa shape index (κ1) is 98.5. The van der Waals surface area contributed by atoms with Gasteiger partial charge in [0.15, 0.2) is 0 Å². The number of carboxylic acid groups (broad SMARTS) is 7. The summed E-state index contributed by atoms with van der Waals surface area (Å²) in [7, 11) is 13.7. The molecule has 7 heterocycles. The summed E-state index contributed by atoms with van der Waals surface area (Å²) in [6, 6.07) is 40.3. The Labute approximate surface area is 729 Å². The topological polar surface area (TPSA) is 437 Å². The molecule has 7 aromatic heterocycles. The molecule has 0 radical (unpaired) electrons. The van der Waals surface area contributed by atoms with Crippen LogP contribution in [0, 0.1) is 34.6 Å². The van der Waals surface area contributed by atoms with Crippen LogP contribution in [0.15, 0.2) is 140 Å². The van der Waals surface area contributed by atoms with Gasteiger partial charge in [-0.05, 0) is 243 Å². The average molecular weight is 1730 g/mol. The standard InChI is InChI=1S/C16H21NO3.C15H19NO3.C14H17NO3.C14H15NO3.C14H17NO3.C13H15NO3.C12H13NO3/c1-11-13(5-3-4-6-16(19)20)14-9-12(10-18)7-8-15(14)17(11)2;1-10-12(4-3-5-15(18)19)13-8-11(9-17)6-7-14(13)16(10)2;2*1-9-11(4-6-14(17)18)12-7-10(8-16)3-5-13(12)15(9)2;1-3-12-11(7-14(17)18)10-6-9(8-16)4-5-13(10)15(12)2;1-8-10(6-13(16)17)11-5-9(7-15)3-4-12(11)14(8)2;1-13-6-9(5-12(15)16)10-4-8(7-14)2-3-11(10)13/h7-9,18H,3-6,10H2,1-2H3,(H,19,20);6-8,17H,3-5,9H2,1-2H3,(H,18,19);3,5,7,16H,4,6,8H2,1-2H3,(H,17,18);3-7,16H,8H2,1-2H3,(H,17,18);4-6,16H,3,7-8H2,1-2H3,(H,17,18);3-5,15H,6-7H2,1-2H3,(H,16,17);2-4,6,14H,5,7H2,1H3,(H,15,16)/b;;;6-4+;;;. The van der Waals surface area contributed by atoms with E-state index >= 15 is 0 Å². The van der Waals surface area contributed by atoms with Gasteiger partial charge in [0.05, 0.1) is 65.5 Å². The van der Waals surface area contributed by atoms with Gasteiger partial charge in [0.25, 0.3) is 0 Å². The minimum Gasteiger partial charge on any atom is -0.481 e. The van der Waals surface area contributed by atoms with E-state index in [0.29, 0.717) is 19.3 Å². The van der Waals surface area contributed by atoms with E-state index in [1.807, 2.05) is 229 Å². The number of unbranched alkanes of at least 4 members (excludes halogenated alkanes) is 1. The number of hydrogen-bond acceptors (Lipinski definition) is 14. The summed E-state index contributed by atoms with van der Waals surface area (Å²) in [5.74, 6) is -5.76. The van der Waals surface area contributed by atoms with Gasteiger partial charge < -0.3 is 103 Å². The van der Waals surface area contributed by atoms with Gasteiger partial charge in [0, 0.05) is 197 Å². The summed E-state index contributed by atoms with van der Waals surface area (Å²) in [6.45, 7) is 12.0. The first-order chi connectivity index (χ1) is 59.9. The first-order valence-electron chi connectivity index (χ1n) is 41.4. The number of aliphatic hydroxyl groups is 7. The molecule has 0 amide bonds. The van der Waals surface area contributed by atoms with Crippen molar-refractivity contribution in [1.82, 2.24) is 32.0 Å². The monoisotopic (exact) mass is 1730 g/mol. The van der Waals surface area contributed by atoms with Crippen molar-refractivity contribution in [2.45, 2.75) is 171 Å². The van der Waals surface area contributed by atoms with Crippen molar-refractivity contribution in [3.05, 3.63) is 252 Å². The molecule has 14 N–H and O–H groups in total. The zero-order valence-corrected chi connectivity index (χ0v) is 73.7. The third kappa shape index (κ3) is 23.9. The highest BCUT2D eigenvalue weighted by molar-refractivity contribution is 5.97. The molecule has 0 aliphatic carbocycles. The fourth-order valence-electron chi connectivity index (χ4n) is 16.3. The van der Waals surface area contributed by atoms with Crippen molar-refractivity contribution in [2.24, 2.45) is 49.3 Å². The van der Waals surface area contributed by atoms with Gasteiger partial charge >= 0.3 is 41.8 Å². The highest BCUT2D eigenvalue weighted by Gasteiger charge is 2.21. The molecule has 14 aromatic rings. The number of rotatable bonds is 28. The predicted octanol–water partition coefficient (Wildman–Crippen LogP) is 14.0. The molecule has 0 atom stereocenters. The number of fused-ring (bicyclic) bond motifs is 7. The normalized spacial score (nSPS) is 11.1. The Morgan fingerprint density at radius 3 is 0.952 bits per heavy atom. The maximum Gasteiger partial charge on any atom is 0.328 e. The Morgan fingerprint density at radius 2 is 0.595 bits per heavy atom. The number of hydrogen-bond donors (Lipinski definition) is 14. The van der Waals surface area contributed by atoms with Crippen molar-refractivity contribution in [3.8, 4) is 0 Å². The molecule has 670 valence electrons. The van der Waals surface area contributed by atoms with E-state index in [2.05, 4.69) is 27.5 Å². The number of aryl methyl sites for hydroxylation is 10. The molecular formula is C98H117N7O21.